The van der Waals surface area contributed by atoms with Crippen LogP contribution in [0.3, 0.4) is 0 Å². The van der Waals surface area contributed by atoms with E-state index in [-0.39, 0.29) is 0 Å². The molecule has 13 heavy (non-hydrogen) atoms. The van der Waals surface area contributed by atoms with E-state index in [0.29, 0.717) is 5.92 Å². The number of rotatable bonds is 5. The van der Waals surface area contributed by atoms with Gasteiger partial charge in [-0.1, -0.05) is 19.9 Å². The first-order chi connectivity index (χ1) is 6.29. The molecule has 3 heteroatoms. The van der Waals surface area contributed by atoms with Crippen molar-refractivity contribution in [2.24, 2.45) is 5.92 Å². The SMILES string of the molecule is CC(C)CNC/C=C/c1cscn1. The summed E-state index contributed by atoms with van der Waals surface area (Å²) < 4.78 is 0. The molecule has 0 atom stereocenters. The van der Waals surface area contributed by atoms with E-state index < -0.39 is 0 Å². The average Bonchev–Trinajstić information content (AvgIpc) is 2.55. The van der Waals surface area contributed by atoms with Crippen molar-refractivity contribution in [3.05, 3.63) is 22.7 Å². The molecule has 0 aliphatic rings. The Bertz CT molecular complexity index is 239. The van der Waals surface area contributed by atoms with Crippen LogP contribution in [0.1, 0.15) is 19.5 Å². The van der Waals surface area contributed by atoms with E-state index in [1.165, 1.54) is 0 Å². The molecule has 0 saturated heterocycles. The third kappa shape index (κ3) is 4.80. The van der Waals surface area contributed by atoms with Crippen LogP contribution in [-0.2, 0) is 0 Å². The van der Waals surface area contributed by atoms with Crippen molar-refractivity contribution < 1.29 is 0 Å². The quantitative estimate of drug-likeness (QED) is 0.731. The van der Waals surface area contributed by atoms with Crippen LogP contribution in [-0.4, -0.2) is 18.1 Å². The van der Waals surface area contributed by atoms with Gasteiger partial charge >= 0.3 is 0 Å². The number of nitrogens with one attached hydrogen (secondary N) is 1. The molecule has 1 rings (SSSR count). The molecule has 72 valence electrons. The highest BCUT2D eigenvalue weighted by atomic mass is 32.1. The van der Waals surface area contributed by atoms with Gasteiger partial charge in [-0.3, -0.25) is 0 Å². The Labute approximate surface area is 83.7 Å². The molecule has 0 unspecified atom stereocenters. The van der Waals surface area contributed by atoms with Gasteiger partial charge in [0.1, 0.15) is 0 Å². The highest BCUT2D eigenvalue weighted by Gasteiger charge is 1.90. The maximum absolute atomic E-state index is 4.15. The summed E-state index contributed by atoms with van der Waals surface area (Å²) >= 11 is 1.63. The van der Waals surface area contributed by atoms with Crippen molar-refractivity contribution in [1.29, 1.82) is 0 Å². The molecular formula is C10H16N2S. The molecule has 0 amide bonds. The van der Waals surface area contributed by atoms with E-state index in [4.69, 9.17) is 0 Å². The number of thiazole rings is 1. The zero-order chi connectivity index (χ0) is 9.52. The van der Waals surface area contributed by atoms with Crippen LogP contribution in [0.25, 0.3) is 6.08 Å². The zero-order valence-corrected chi connectivity index (χ0v) is 8.97. The Morgan fingerprint density at radius 2 is 2.46 bits per heavy atom. The summed E-state index contributed by atoms with van der Waals surface area (Å²) in [7, 11) is 0. The number of aromatic nitrogens is 1. The minimum Gasteiger partial charge on any atom is -0.313 e. The summed E-state index contributed by atoms with van der Waals surface area (Å²) in [6.07, 6.45) is 4.15. The maximum atomic E-state index is 4.15. The predicted octanol–water partition coefficient (Wildman–Crippen LogP) is 2.40. The lowest BCUT2D eigenvalue weighted by Crippen LogP contribution is -2.19. The first-order valence-corrected chi connectivity index (χ1v) is 5.49. The fourth-order valence-corrected chi connectivity index (χ4v) is 1.46. The van der Waals surface area contributed by atoms with E-state index in [1.54, 1.807) is 11.3 Å². The lowest BCUT2D eigenvalue weighted by Gasteiger charge is -2.03. The highest BCUT2D eigenvalue weighted by molar-refractivity contribution is 7.07. The molecule has 1 heterocycles. The van der Waals surface area contributed by atoms with Gasteiger partial charge < -0.3 is 5.32 Å². The van der Waals surface area contributed by atoms with Gasteiger partial charge in [-0.25, -0.2) is 4.98 Å². The van der Waals surface area contributed by atoms with E-state index in [9.17, 15) is 0 Å². The first-order valence-electron chi connectivity index (χ1n) is 4.54. The largest absolute Gasteiger partial charge is 0.313 e. The van der Waals surface area contributed by atoms with Crippen molar-refractivity contribution >= 4 is 17.4 Å². The molecule has 0 bridgehead atoms. The fourth-order valence-electron chi connectivity index (χ4n) is 0.939. The Hall–Kier alpha value is -0.670. The third-order valence-corrected chi connectivity index (χ3v) is 2.16. The van der Waals surface area contributed by atoms with Gasteiger partial charge in [0.25, 0.3) is 0 Å². The van der Waals surface area contributed by atoms with Crippen LogP contribution in [0, 0.1) is 5.92 Å². The van der Waals surface area contributed by atoms with Crippen molar-refractivity contribution in [3.8, 4) is 0 Å². The molecule has 0 fully saturated rings. The van der Waals surface area contributed by atoms with E-state index in [0.717, 1.165) is 18.8 Å². The van der Waals surface area contributed by atoms with Gasteiger partial charge in [0, 0.05) is 11.9 Å². The predicted molar refractivity (Wildman–Crippen MR) is 58.9 cm³/mol. The van der Waals surface area contributed by atoms with Crippen molar-refractivity contribution in [2.45, 2.75) is 13.8 Å². The molecule has 1 aromatic rings. The van der Waals surface area contributed by atoms with Crippen molar-refractivity contribution in [3.63, 3.8) is 0 Å². The second-order valence-electron chi connectivity index (χ2n) is 3.37. The molecule has 0 saturated carbocycles. The Balaban J connectivity index is 2.12. The van der Waals surface area contributed by atoms with E-state index in [2.05, 4.69) is 30.2 Å². The van der Waals surface area contributed by atoms with Gasteiger partial charge in [0.05, 0.1) is 11.2 Å². The lowest BCUT2D eigenvalue weighted by atomic mass is 10.2. The highest BCUT2D eigenvalue weighted by Crippen LogP contribution is 2.01. The van der Waals surface area contributed by atoms with E-state index >= 15 is 0 Å². The first kappa shape index (κ1) is 10.4. The van der Waals surface area contributed by atoms with Crippen LogP contribution < -0.4 is 5.32 Å². The Morgan fingerprint density at radius 1 is 1.62 bits per heavy atom. The molecular weight excluding hydrogens is 180 g/mol. The van der Waals surface area contributed by atoms with Crippen LogP contribution in [0.5, 0.6) is 0 Å². The third-order valence-electron chi connectivity index (χ3n) is 1.55. The zero-order valence-electron chi connectivity index (χ0n) is 8.16. The summed E-state index contributed by atoms with van der Waals surface area (Å²) in [5.41, 5.74) is 2.90. The van der Waals surface area contributed by atoms with Crippen molar-refractivity contribution in [1.82, 2.24) is 10.3 Å². The van der Waals surface area contributed by atoms with Gasteiger partial charge in [-0.2, -0.15) is 0 Å². The Kier molecular flexibility index (Phi) is 4.72. The molecule has 0 aliphatic heterocycles. The Morgan fingerprint density at radius 3 is 3.08 bits per heavy atom. The van der Waals surface area contributed by atoms with Crippen LogP contribution >= 0.6 is 11.3 Å². The average molecular weight is 196 g/mol. The van der Waals surface area contributed by atoms with Gasteiger partial charge in [0.15, 0.2) is 0 Å². The second-order valence-corrected chi connectivity index (χ2v) is 4.09. The summed E-state index contributed by atoms with van der Waals surface area (Å²) in [5, 5.41) is 5.38. The summed E-state index contributed by atoms with van der Waals surface area (Å²) in [6.45, 7) is 6.41. The molecule has 0 radical (unpaired) electrons. The molecule has 1 aromatic heterocycles. The number of hydrogen-bond acceptors (Lipinski definition) is 3. The normalized spacial score (nSPS) is 11.6. The summed E-state index contributed by atoms with van der Waals surface area (Å²) in [4.78, 5) is 4.15. The minimum atomic E-state index is 0.715. The van der Waals surface area contributed by atoms with Crippen LogP contribution in [0.4, 0.5) is 0 Å². The molecule has 1 N–H and O–H groups in total. The summed E-state index contributed by atoms with van der Waals surface area (Å²) in [5.74, 6) is 0.715. The number of nitrogens with zero attached hydrogens (tertiary/aromatic N) is 1. The summed E-state index contributed by atoms with van der Waals surface area (Å²) in [6, 6.07) is 0. The van der Waals surface area contributed by atoms with Gasteiger partial charge in [-0.05, 0) is 18.5 Å². The van der Waals surface area contributed by atoms with Crippen molar-refractivity contribution in [2.75, 3.05) is 13.1 Å². The van der Waals surface area contributed by atoms with Crippen LogP contribution in [0.15, 0.2) is 17.0 Å². The van der Waals surface area contributed by atoms with Gasteiger partial charge in [0.2, 0.25) is 0 Å². The molecule has 0 aromatic carbocycles. The lowest BCUT2D eigenvalue weighted by molar-refractivity contribution is 0.577. The molecule has 0 spiro atoms. The molecule has 0 aliphatic carbocycles. The minimum absolute atomic E-state index is 0.715. The standard InChI is InChI=1S/C10H16N2S/c1-9(2)6-11-5-3-4-10-7-13-8-12-10/h3-4,7-9,11H,5-6H2,1-2H3/b4-3+. The topological polar surface area (TPSA) is 24.9 Å². The smallest absolute Gasteiger partial charge is 0.0798 e. The van der Waals surface area contributed by atoms with Gasteiger partial charge in [-0.15, -0.1) is 11.3 Å². The fraction of sp³-hybridized carbons (Fsp3) is 0.500. The van der Waals surface area contributed by atoms with E-state index in [1.807, 2.05) is 17.0 Å². The maximum Gasteiger partial charge on any atom is 0.0798 e. The molecule has 2 nitrogen and oxygen atoms in total. The second kappa shape index (κ2) is 5.89. The monoisotopic (exact) mass is 196 g/mol. The van der Waals surface area contributed by atoms with Crippen LogP contribution in [0.2, 0.25) is 0 Å². The number of hydrogen-bond donors (Lipinski definition) is 1.